The Labute approximate surface area is 154 Å². The van der Waals surface area contributed by atoms with Gasteiger partial charge in [0.05, 0.1) is 11.6 Å². The number of para-hydroxylation sites is 1. The third-order valence-corrected chi connectivity index (χ3v) is 3.82. The molecule has 0 aliphatic rings. The minimum absolute atomic E-state index is 0. The smallest absolute Gasteiger partial charge is 0.237 e. The number of nitrogens with two attached hydrogens (primary N) is 1. The van der Waals surface area contributed by atoms with Gasteiger partial charge in [-0.05, 0) is 17.5 Å². The van der Waals surface area contributed by atoms with E-state index in [0.717, 1.165) is 11.3 Å². The molecule has 0 spiro atoms. The molecule has 2 aromatic rings. The molecule has 24 heavy (non-hydrogen) atoms. The number of amides is 1. The molecule has 136 valence electrons. The van der Waals surface area contributed by atoms with E-state index in [0.29, 0.717) is 18.5 Å². The van der Waals surface area contributed by atoms with Gasteiger partial charge in [-0.3, -0.25) is 4.79 Å². The lowest BCUT2D eigenvalue weighted by Crippen LogP contribution is -2.49. The molecule has 8 heteroatoms. The molecule has 1 atom stereocenters. The number of carbonyl (C=O) groups is 1. The Morgan fingerprint density at radius 1 is 1.38 bits per heavy atom. The van der Waals surface area contributed by atoms with Crippen molar-refractivity contribution in [2.45, 2.75) is 33.2 Å². The summed E-state index contributed by atoms with van der Waals surface area (Å²) in [5.41, 5.74) is 6.72. The van der Waals surface area contributed by atoms with Crippen molar-refractivity contribution in [3.05, 3.63) is 29.8 Å². The maximum absolute atomic E-state index is 13.7. The average molecular weight is 379 g/mol. The average Bonchev–Trinajstić information content (AvgIpc) is 2.76. The summed E-state index contributed by atoms with van der Waals surface area (Å²) in [6.45, 7) is 6.18. The molecule has 5 nitrogen and oxygen atoms in total. The number of imidazole rings is 1. The van der Waals surface area contributed by atoms with Crippen molar-refractivity contribution >= 4 is 41.8 Å². The van der Waals surface area contributed by atoms with Crippen LogP contribution in [0.5, 0.6) is 0 Å². The van der Waals surface area contributed by atoms with Crippen LogP contribution in [0.4, 0.5) is 4.39 Å². The largest absolute Gasteiger partial charge is 0.354 e. The molecule has 0 radical (unpaired) electrons. The van der Waals surface area contributed by atoms with Gasteiger partial charge in [0, 0.05) is 20.0 Å². The van der Waals surface area contributed by atoms with Gasteiger partial charge in [-0.15, -0.1) is 24.8 Å². The van der Waals surface area contributed by atoms with Gasteiger partial charge in [0.1, 0.15) is 11.3 Å². The number of halogens is 3. The van der Waals surface area contributed by atoms with E-state index >= 15 is 0 Å². The van der Waals surface area contributed by atoms with E-state index in [2.05, 4.69) is 10.3 Å². The van der Waals surface area contributed by atoms with Crippen molar-refractivity contribution in [3.63, 3.8) is 0 Å². The van der Waals surface area contributed by atoms with Gasteiger partial charge < -0.3 is 15.6 Å². The van der Waals surface area contributed by atoms with Gasteiger partial charge in [0.15, 0.2) is 5.82 Å². The fraction of sp³-hybridized carbons (Fsp3) is 0.500. The number of hydrogen-bond acceptors (Lipinski definition) is 3. The van der Waals surface area contributed by atoms with Crippen LogP contribution in [-0.2, 0) is 18.3 Å². The number of hydrogen-bond donors (Lipinski definition) is 2. The Kier molecular flexibility index (Phi) is 8.15. The van der Waals surface area contributed by atoms with Gasteiger partial charge in [-0.1, -0.05) is 26.8 Å². The molecule has 0 aliphatic heterocycles. The molecule has 0 aliphatic carbocycles. The van der Waals surface area contributed by atoms with E-state index < -0.39 is 6.04 Å². The lowest BCUT2D eigenvalue weighted by Gasteiger charge is -2.25. The number of nitrogens with one attached hydrogen (secondary N) is 1. The summed E-state index contributed by atoms with van der Waals surface area (Å²) in [6, 6.07) is 4.31. The second-order valence-corrected chi connectivity index (χ2v) is 6.58. The number of aromatic nitrogens is 2. The van der Waals surface area contributed by atoms with Crippen LogP contribution in [0.2, 0.25) is 0 Å². The summed E-state index contributed by atoms with van der Waals surface area (Å²) >= 11 is 0. The van der Waals surface area contributed by atoms with Crippen LogP contribution >= 0.6 is 24.8 Å². The van der Waals surface area contributed by atoms with E-state index in [-0.39, 0.29) is 42.0 Å². The Hall–Kier alpha value is -1.37. The molecule has 1 aromatic heterocycles. The van der Waals surface area contributed by atoms with Gasteiger partial charge in [0.2, 0.25) is 5.91 Å². The van der Waals surface area contributed by atoms with Gasteiger partial charge >= 0.3 is 0 Å². The van der Waals surface area contributed by atoms with Gasteiger partial charge in [-0.25, -0.2) is 9.37 Å². The number of fused-ring (bicyclic) bond motifs is 1. The zero-order valence-corrected chi connectivity index (χ0v) is 15.9. The highest BCUT2D eigenvalue weighted by atomic mass is 35.5. The first-order valence-corrected chi connectivity index (χ1v) is 7.35. The second kappa shape index (κ2) is 8.65. The van der Waals surface area contributed by atoms with Crippen LogP contribution in [-0.4, -0.2) is 28.0 Å². The first-order chi connectivity index (χ1) is 10.2. The summed E-state index contributed by atoms with van der Waals surface area (Å²) in [5.74, 6) is 0.209. The summed E-state index contributed by atoms with van der Waals surface area (Å²) in [6.07, 6.45) is 0.521. The maximum atomic E-state index is 13.7. The maximum Gasteiger partial charge on any atom is 0.237 e. The Morgan fingerprint density at radius 3 is 2.54 bits per heavy atom. The molecule has 1 amide bonds. The summed E-state index contributed by atoms with van der Waals surface area (Å²) < 4.78 is 15.5. The van der Waals surface area contributed by atoms with Crippen LogP contribution in [0.25, 0.3) is 11.0 Å². The van der Waals surface area contributed by atoms with Crippen molar-refractivity contribution in [2.75, 3.05) is 6.54 Å². The van der Waals surface area contributed by atoms with Crippen molar-refractivity contribution in [1.29, 1.82) is 0 Å². The number of aryl methyl sites for hydroxylation is 1. The minimum Gasteiger partial charge on any atom is -0.354 e. The van der Waals surface area contributed by atoms with Crippen molar-refractivity contribution in [1.82, 2.24) is 14.9 Å². The number of rotatable bonds is 4. The van der Waals surface area contributed by atoms with Crippen molar-refractivity contribution in [3.8, 4) is 0 Å². The lowest BCUT2D eigenvalue weighted by atomic mass is 9.87. The summed E-state index contributed by atoms with van der Waals surface area (Å²) in [7, 11) is 1.84. The van der Waals surface area contributed by atoms with Gasteiger partial charge in [0.25, 0.3) is 0 Å². The monoisotopic (exact) mass is 378 g/mol. The Bertz CT molecular complexity index is 697. The van der Waals surface area contributed by atoms with E-state index in [1.54, 1.807) is 6.07 Å². The van der Waals surface area contributed by atoms with E-state index in [4.69, 9.17) is 5.73 Å². The van der Waals surface area contributed by atoms with Crippen LogP contribution in [0.3, 0.4) is 0 Å². The quantitative estimate of drug-likeness (QED) is 0.858. The molecule has 0 unspecified atom stereocenters. The molecule has 0 fully saturated rings. The van der Waals surface area contributed by atoms with Gasteiger partial charge in [-0.2, -0.15) is 0 Å². The molecule has 1 heterocycles. The van der Waals surface area contributed by atoms with E-state index in [1.807, 2.05) is 38.5 Å². The molecule has 2 rings (SSSR count). The first kappa shape index (κ1) is 22.6. The zero-order valence-electron chi connectivity index (χ0n) is 14.3. The number of benzene rings is 1. The van der Waals surface area contributed by atoms with E-state index in [9.17, 15) is 9.18 Å². The molecule has 1 aromatic carbocycles. The minimum atomic E-state index is -0.564. The van der Waals surface area contributed by atoms with E-state index in [1.165, 1.54) is 6.07 Å². The predicted molar refractivity (Wildman–Crippen MR) is 99.3 cm³/mol. The summed E-state index contributed by atoms with van der Waals surface area (Å²) in [4.78, 5) is 16.3. The summed E-state index contributed by atoms with van der Waals surface area (Å²) in [5, 5.41) is 2.81. The number of carbonyl (C=O) groups excluding carboxylic acids is 1. The van der Waals surface area contributed by atoms with Crippen LogP contribution < -0.4 is 11.1 Å². The SMILES string of the molecule is Cl.Cl.Cn1c(CCNC(=O)[C@@H](N)C(C)(C)C)nc2c(F)cccc21. The highest BCUT2D eigenvalue weighted by Crippen LogP contribution is 2.19. The second-order valence-electron chi connectivity index (χ2n) is 6.58. The van der Waals surface area contributed by atoms with Crippen LogP contribution in [0.1, 0.15) is 26.6 Å². The van der Waals surface area contributed by atoms with Crippen LogP contribution in [0.15, 0.2) is 18.2 Å². The molecule has 0 bridgehead atoms. The molecular formula is C16H25Cl2FN4O. The first-order valence-electron chi connectivity index (χ1n) is 7.35. The fourth-order valence-electron chi connectivity index (χ4n) is 2.25. The van der Waals surface area contributed by atoms with Crippen molar-refractivity contribution < 1.29 is 9.18 Å². The Morgan fingerprint density at radius 2 is 2.00 bits per heavy atom. The highest BCUT2D eigenvalue weighted by Gasteiger charge is 2.27. The molecule has 0 saturated heterocycles. The molecule has 3 N–H and O–H groups in total. The topological polar surface area (TPSA) is 72.9 Å². The Balaban J connectivity index is 0.00000264. The molecule has 0 saturated carbocycles. The highest BCUT2D eigenvalue weighted by molar-refractivity contribution is 5.85. The number of nitrogens with zero attached hydrogens (tertiary/aromatic N) is 2. The normalized spacial score (nSPS) is 12.2. The third kappa shape index (κ3) is 4.82. The standard InChI is InChI=1S/C16H23FN4O.2ClH/c1-16(2,3)14(18)15(22)19-9-8-12-20-13-10(17)6-5-7-11(13)21(12)4;;/h5-7,14H,8-9,18H2,1-4H3,(H,19,22);2*1H/t14-;;/m1../s1. The molecular weight excluding hydrogens is 354 g/mol. The lowest BCUT2D eigenvalue weighted by molar-refractivity contribution is -0.124. The fourth-order valence-corrected chi connectivity index (χ4v) is 2.25. The van der Waals surface area contributed by atoms with Crippen LogP contribution in [0, 0.1) is 11.2 Å². The third-order valence-electron chi connectivity index (χ3n) is 3.82. The van der Waals surface area contributed by atoms with Crippen molar-refractivity contribution in [2.24, 2.45) is 18.2 Å². The predicted octanol–water partition coefficient (Wildman–Crippen LogP) is 2.59. The zero-order chi connectivity index (χ0) is 16.5.